The van der Waals surface area contributed by atoms with Gasteiger partial charge in [0.05, 0.1) is 0 Å². The van der Waals surface area contributed by atoms with Crippen molar-refractivity contribution in [3.63, 3.8) is 0 Å². The van der Waals surface area contributed by atoms with Crippen molar-refractivity contribution in [2.24, 2.45) is 0 Å². The third-order valence-corrected chi connectivity index (χ3v) is 4.46. The van der Waals surface area contributed by atoms with Crippen molar-refractivity contribution in [2.45, 2.75) is 53.1 Å². The number of rotatable bonds is 6. The summed E-state index contributed by atoms with van der Waals surface area (Å²) >= 11 is 0. The summed E-state index contributed by atoms with van der Waals surface area (Å²) < 4.78 is 5.97. The molecule has 0 heterocycles. The van der Waals surface area contributed by atoms with E-state index in [1.807, 2.05) is 50.2 Å². The number of aryl methyl sites for hydroxylation is 2. The molecule has 0 saturated carbocycles. The molecule has 3 heteroatoms. The fraction of sp³-hybridized carbons (Fsp3) is 0.381. The average molecular weight is 325 g/mol. The van der Waals surface area contributed by atoms with E-state index in [9.17, 15) is 4.79 Å². The molecule has 2 rings (SSSR count). The Bertz CT molecular complexity index is 688. The van der Waals surface area contributed by atoms with Crippen LogP contribution in [-0.2, 0) is 4.79 Å². The van der Waals surface area contributed by atoms with E-state index in [4.69, 9.17) is 4.74 Å². The Morgan fingerprint density at radius 3 is 2.29 bits per heavy atom. The summed E-state index contributed by atoms with van der Waals surface area (Å²) in [5.74, 6) is 1.05. The van der Waals surface area contributed by atoms with Crippen molar-refractivity contribution < 1.29 is 9.53 Å². The van der Waals surface area contributed by atoms with Crippen LogP contribution in [0.3, 0.4) is 0 Å². The van der Waals surface area contributed by atoms with E-state index in [2.05, 4.69) is 25.2 Å². The van der Waals surface area contributed by atoms with Crippen LogP contribution in [0.25, 0.3) is 0 Å². The highest BCUT2D eigenvalue weighted by molar-refractivity contribution is 5.95. The number of hydrogen-bond donors (Lipinski definition) is 1. The molecule has 1 N–H and O–H groups in total. The van der Waals surface area contributed by atoms with Crippen LogP contribution < -0.4 is 10.1 Å². The number of amides is 1. The summed E-state index contributed by atoms with van der Waals surface area (Å²) in [7, 11) is 0. The van der Waals surface area contributed by atoms with E-state index in [-0.39, 0.29) is 5.91 Å². The molecule has 0 fully saturated rings. The Morgan fingerprint density at radius 2 is 1.67 bits per heavy atom. The van der Waals surface area contributed by atoms with Crippen molar-refractivity contribution >= 4 is 11.6 Å². The first-order valence-electron chi connectivity index (χ1n) is 8.56. The third-order valence-electron chi connectivity index (χ3n) is 4.46. The lowest BCUT2D eigenvalue weighted by atomic mass is 9.98. The minimum Gasteiger partial charge on any atom is -0.481 e. The van der Waals surface area contributed by atoms with Gasteiger partial charge in [-0.1, -0.05) is 50.2 Å². The van der Waals surface area contributed by atoms with Crippen LogP contribution in [0.1, 0.15) is 49.8 Å². The fourth-order valence-electron chi connectivity index (χ4n) is 2.70. The molecule has 24 heavy (non-hydrogen) atoms. The van der Waals surface area contributed by atoms with Crippen molar-refractivity contribution in [3.05, 3.63) is 59.2 Å². The maximum atomic E-state index is 12.5. The largest absolute Gasteiger partial charge is 0.481 e. The van der Waals surface area contributed by atoms with Crippen LogP contribution in [0.4, 0.5) is 5.69 Å². The summed E-state index contributed by atoms with van der Waals surface area (Å²) in [5.41, 5.74) is 4.12. The molecule has 1 amide bonds. The minimum absolute atomic E-state index is 0.133. The van der Waals surface area contributed by atoms with E-state index in [1.54, 1.807) is 6.92 Å². The van der Waals surface area contributed by atoms with E-state index in [0.29, 0.717) is 5.92 Å². The highest BCUT2D eigenvalue weighted by Crippen LogP contribution is 2.29. The number of nitrogens with one attached hydrogen (secondary N) is 1. The van der Waals surface area contributed by atoms with Gasteiger partial charge in [0.15, 0.2) is 6.10 Å². The predicted octanol–water partition coefficient (Wildman–Crippen LogP) is 5.22. The Morgan fingerprint density at radius 1 is 1.04 bits per heavy atom. The molecule has 2 atom stereocenters. The first-order chi connectivity index (χ1) is 11.4. The number of ether oxygens (including phenoxy) is 1. The number of benzene rings is 2. The lowest BCUT2D eigenvalue weighted by Gasteiger charge is -2.20. The van der Waals surface area contributed by atoms with Crippen molar-refractivity contribution in [1.29, 1.82) is 0 Å². The van der Waals surface area contributed by atoms with Crippen LogP contribution in [0, 0.1) is 13.8 Å². The molecule has 0 spiro atoms. The lowest BCUT2D eigenvalue weighted by molar-refractivity contribution is -0.122. The molecule has 0 aromatic heterocycles. The zero-order chi connectivity index (χ0) is 17.7. The van der Waals surface area contributed by atoms with Crippen LogP contribution in [-0.4, -0.2) is 12.0 Å². The van der Waals surface area contributed by atoms with Gasteiger partial charge in [-0.2, -0.15) is 0 Å². The monoisotopic (exact) mass is 325 g/mol. The molecular formula is C21H27NO2. The SMILES string of the molecule is CCC(C)c1ccccc1OC(C)C(=O)Nc1c(C)cccc1C. The summed E-state index contributed by atoms with van der Waals surface area (Å²) in [6.45, 7) is 10.1. The number of carbonyl (C=O) groups is 1. The predicted molar refractivity (Wildman–Crippen MR) is 99.8 cm³/mol. The number of para-hydroxylation sites is 2. The molecule has 0 saturated heterocycles. The number of hydrogen-bond acceptors (Lipinski definition) is 2. The molecule has 128 valence electrons. The van der Waals surface area contributed by atoms with Crippen molar-refractivity contribution in [2.75, 3.05) is 5.32 Å². The van der Waals surface area contributed by atoms with Gasteiger partial charge in [0.2, 0.25) is 0 Å². The Balaban J connectivity index is 2.13. The Labute approximate surface area is 145 Å². The van der Waals surface area contributed by atoms with E-state index in [0.717, 1.165) is 34.5 Å². The van der Waals surface area contributed by atoms with Crippen molar-refractivity contribution in [1.82, 2.24) is 0 Å². The second kappa shape index (κ2) is 8.00. The lowest BCUT2D eigenvalue weighted by Crippen LogP contribution is -2.31. The van der Waals surface area contributed by atoms with Crippen LogP contribution in [0.15, 0.2) is 42.5 Å². The molecule has 3 nitrogen and oxygen atoms in total. The summed E-state index contributed by atoms with van der Waals surface area (Å²) in [6, 6.07) is 13.9. The Kier molecular flexibility index (Phi) is 6.02. The summed E-state index contributed by atoms with van der Waals surface area (Å²) in [6.07, 6.45) is 0.470. The van der Waals surface area contributed by atoms with Gasteiger partial charge in [0.1, 0.15) is 5.75 Å². The summed E-state index contributed by atoms with van der Waals surface area (Å²) in [5, 5.41) is 3.00. The van der Waals surface area contributed by atoms with E-state index >= 15 is 0 Å². The minimum atomic E-state index is -0.561. The normalized spacial score (nSPS) is 13.2. The maximum absolute atomic E-state index is 12.5. The van der Waals surface area contributed by atoms with Crippen LogP contribution >= 0.6 is 0 Å². The summed E-state index contributed by atoms with van der Waals surface area (Å²) in [4.78, 5) is 12.5. The molecule has 2 aromatic rings. The van der Waals surface area contributed by atoms with E-state index < -0.39 is 6.10 Å². The molecule has 0 radical (unpaired) electrons. The Hall–Kier alpha value is -2.29. The average Bonchev–Trinajstić information content (AvgIpc) is 2.57. The smallest absolute Gasteiger partial charge is 0.265 e. The van der Waals surface area contributed by atoms with Crippen LogP contribution in [0.2, 0.25) is 0 Å². The van der Waals surface area contributed by atoms with Gasteiger partial charge < -0.3 is 10.1 Å². The fourth-order valence-corrected chi connectivity index (χ4v) is 2.70. The number of anilines is 1. The highest BCUT2D eigenvalue weighted by atomic mass is 16.5. The van der Waals surface area contributed by atoms with Gasteiger partial charge in [-0.05, 0) is 55.9 Å². The van der Waals surface area contributed by atoms with Gasteiger partial charge in [-0.15, -0.1) is 0 Å². The quantitative estimate of drug-likeness (QED) is 0.790. The molecule has 0 bridgehead atoms. The molecule has 0 aliphatic heterocycles. The molecular weight excluding hydrogens is 298 g/mol. The third kappa shape index (κ3) is 4.16. The number of carbonyl (C=O) groups excluding carboxylic acids is 1. The zero-order valence-corrected chi connectivity index (χ0v) is 15.2. The van der Waals surface area contributed by atoms with Gasteiger partial charge in [-0.25, -0.2) is 0 Å². The first-order valence-corrected chi connectivity index (χ1v) is 8.56. The second-order valence-electron chi connectivity index (χ2n) is 6.36. The van der Waals surface area contributed by atoms with Gasteiger partial charge in [0, 0.05) is 5.69 Å². The van der Waals surface area contributed by atoms with Crippen LogP contribution in [0.5, 0.6) is 5.75 Å². The first kappa shape index (κ1) is 18.1. The standard InChI is InChI=1S/C21H27NO2/c1-6-14(2)18-12-7-8-13-19(18)24-17(5)21(23)22-20-15(3)10-9-11-16(20)4/h7-14,17H,6H2,1-5H3,(H,22,23). The zero-order valence-electron chi connectivity index (χ0n) is 15.2. The van der Waals surface area contributed by atoms with Gasteiger partial charge >= 0.3 is 0 Å². The molecule has 0 aliphatic carbocycles. The molecule has 2 aromatic carbocycles. The molecule has 2 unspecified atom stereocenters. The van der Waals surface area contributed by atoms with E-state index in [1.165, 1.54) is 0 Å². The van der Waals surface area contributed by atoms with Crippen molar-refractivity contribution in [3.8, 4) is 5.75 Å². The highest BCUT2D eigenvalue weighted by Gasteiger charge is 2.19. The topological polar surface area (TPSA) is 38.3 Å². The maximum Gasteiger partial charge on any atom is 0.265 e. The molecule has 0 aliphatic rings. The second-order valence-corrected chi connectivity index (χ2v) is 6.36. The van der Waals surface area contributed by atoms with Gasteiger partial charge in [0.25, 0.3) is 5.91 Å². The van der Waals surface area contributed by atoms with Gasteiger partial charge in [-0.3, -0.25) is 4.79 Å².